The van der Waals surface area contributed by atoms with Gasteiger partial charge in [-0.3, -0.25) is 14.6 Å². The van der Waals surface area contributed by atoms with Crippen molar-refractivity contribution in [2.24, 2.45) is 0 Å². The molecule has 4 nitrogen and oxygen atoms in total. The number of hydrogen-bond acceptors (Lipinski definition) is 4. The zero-order valence-electron chi connectivity index (χ0n) is 15.8. The Morgan fingerprint density at radius 3 is 2.62 bits per heavy atom. The van der Waals surface area contributed by atoms with Gasteiger partial charge in [0.05, 0.1) is 6.54 Å². The first-order chi connectivity index (χ1) is 12.6. The first-order valence-electron chi connectivity index (χ1n) is 9.37. The maximum atomic E-state index is 12.3. The van der Waals surface area contributed by atoms with E-state index in [1.807, 2.05) is 7.05 Å². The molecule has 0 aliphatic carbocycles. The normalized spacial score (nSPS) is 16.1. The quantitative estimate of drug-likeness (QED) is 0.811. The molecule has 26 heavy (non-hydrogen) atoms. The van der Waals surface area contributed by atoms with Gasteiger partial charge >= 0.3 is 0 Å². The van der Waals surface area contributed by atoms with Gasteiger partial charge < -0.3 is 5.32 Å². The first kappa shape index (κ1) is 19.1. The highest BCUT2D eigenvalue weighted by atomic mass is 32.1. The van der Waals surface area contributed by atoms with E-state index < -0.39 is 0 Å². The summed E-state index contributed by atoms with van der Waals surface area (Å²) < 4.78 is 0. The van der Waals surface area contributed by atoms with Gasteiger partial charge in [0.2, 0.25) is 5.91 Å². The molecule has 0 atom stereocenters. The predicted molar refractivity (Wildman–Crippen MR) is 108 cm³/mol. The highest BCUT2D eigenvalue weighted by Gasteiger charge is 2.21. The van der Waals surface area contributed by atoms with Gasteiger partial charge in [-0.05, 0) is 49.4 Å². The molecule has 1 aromatic carbocycles. The minimum atomic E-state index is 0.142. The van der Waals surface area contributed by atoms with Gasteiger partial charge in [-0.25, -0.2) is 0 Å². The zero-order valence-corrected chi connectivity index (χ0v) is 16.6. The second-order valence-corrected chi connectivity index (χ2v) is 8.30. The van der Waals surface area contributed by atoms with Crippen LogP contribution in [0.15, 0.2) is 41.8 Å². The van der Waals surface area contributed by atoms with Crippen molar-refractivity contribution in [3.8, 4) is 0 Å². The van der Waals surface area contributed by atoms with Crippen LogP contribution in [0.25, 0.3) is 0 Å². The molecule has 1 amide bonds. The molecule has 140 valence electrons. The van der Waals surface area contributed by atoms with E-state index in [1.165, 1.54) is 16.0 Å². The number of carbonyl (C=O) groups excluding carboxylic acids is 1. The average Bonchev–Trinajstić information content (AvgIpc) is 3.02. The van der Waals surface area contributed by atoms with Gasteiger partial charge in [-0.2, -0.15) is 0 Å². The number of hydrogen-bond donors (Lipinski definition) is 1. The summed E-state index contributed by atoms with van der Waals surface area (Å²) in [5, 5.41) is 5.34. The molecule has 1 N–H and O–H groups in total. The molecule has 2 heterocycles. The number of benzene rings is 1. The Hall–Kier alpha value is -1.69. The number of likely N-dealkylation sites (tertiary alicyclic amines) is 1. The predicted octanol–water partition coefficient (Wildman–Crippen LogP) is 3.27. The van der Waals surface area contributed by atoms with Gasteiger partial charge in [0.25, 0.3) is 0 Å². The molecular weight excluding hydrogens is 342 g/mol. The smallest absolute Gasteiger partial charge is 0.234 e. The maximum absolute atomic E-state index is 12.3. The third-order valence-electron chi connectivity index (χ3n) is 5.00. The van der Waals surface area contributed by atoms with Crippen molar-refractivity contribution in [2.75, 3.05) is 26.7 Å². The minimum absolute atomic E-state index is 0.142. The summed E-state index contributed by atoms with van der Waals surface area (Å²) in [6, 6.07) is 13.1. The Bertz CT molecular complexity index is 692. The standard InChI is InChI=1S/C21H29N3OS/c1-17-10-13-26-20(17)15-23(2)16-21(25)22-19-8-11-24(12-9-19)14-18-6-4-3-5-7-18/h3-7,10,13,19H,8-9,11-12,14-16H2,1-2H3,(H,22,25). The fourth-order valence-corrected chi connectivity index (χ4v) is 4.45. The van der Waals surface area contributed by atoms with Crippen molar-refractivity contribution >= 4 is 17.2 Å². The van der Waals surface area contributed by atoms with E-state index in [2.05, 4.69) is 63.8 Å². The van der Waals surface area contributed by atoms with Gasteiger partial charge in [-0.15, -0.1) is 11.3 Å². The number of rotatable bonds is 7. The van der Waals surface area contributed by atoms with Crippen molar-refractivity contribution in [3.05, 3.63) is 57.8 Å². The summed E-state index contributed by atoms with van der Waals surface area (Å²) in [5.74, 6) is 0.142. The zero-order chi connectivity index (χ0) is 18.4. The lowest BCUT2D eigenvalue weighted by Crippen LogP contribution is -2.46. The van der Waals surface area contributed by atoms with Crippen LogP contribution in [0, 0.1) is 6.92 Å². The molecule has 1 aliphatic rings. The summed E-state index contributed by atoms with van der Waals surface area (Å²) in [5.41, 5.74) is 2.67. The third kappa shape index (κ3) is 5.66. The Morgan fingerprint density at radius 2 is 1.96 bits per heavy atom. The second kappa shape index (κ2) is 9.31. The Labute approximate surface area is 160 Å². The molecule has 1 aromatic heterocycles. The molecular formula is C21H29N3OS. The van der Waals surface area contributed by atoms with E-state index in [-0.39, 0.29) is 5.91 Å². The van der Waals surface area contributed by atoms with Crippen LogP contribution >= 0.6 is 11.3 Å². The topological polar surface area (TPSA) is 35.6 Å². The molecule has 1 fully saturated rings. The van der Waals surface area contributed by atoms with Crippen LogP contribution in [-0.2, 0) is 17.9 Å². The summed E-state index contributed by atoms with van der Waals surface area (Å²) in [6.07, 6.45) is 2.07. The number of nitrogens with zero attached hydrogens (tertiary/aromatic N) is 2. The second-order valence-electron chi connectivity index (χ2n) is 7.30. The fraction of sp³-hybridized carbons (Fsp3) is 0.476. The van der Waals surface area contributed by atoms with Crippen molar-refractivity contribution in [1.82, 2.24) is 15.1 Å². The van der Waals surface area contributed by atoms with Crippen LogP contribution in [0.4, 0.5) is 0 Å². The lowest BCUT2D eigenvalue weighted by molar-refractivity contribution is -0.123. The monoisotopic (exact) mass is 371 g/mol. The summed E-state index contributed by atoms with van der Waals surface area (Å²) >= 11 is 1.76. The Morgan fingerprint density at radius 1 is 1.23 bits per heavy atom. The maximum Gasteiger partial charge on any atom is 0.234 e. The molecule has 2 aromatic rings. The van der Waals surface area contributed by atoms with E-state index in [0.717, 1.165) is 39.0 Å². The molecule has 0 spiro atoms. The Kier molecular flexibility index (Phi) is 6.83. The number of nitrogens with one attached hydrogen (secondary N) is 1. The SMILES string of the molecule is Cc1ccsc1CN(C)CC(=O)NC1CCN(Cc2ccccc2)CC1. The van der Waals surface area contributed by atoms with E-state index in [9.17, 15) is 4.79 Å². The molecule has 3 rings (SSSR count). The summed E-state index contributed by atoms with van der Waals surface area (Å²) in [6.45, 7) is 6.52. The molecule has 0 saturated carbocycles. The van der Waals surface area contributed by atoms with E-state index >= 15 is 0 Å². The molecule has 1 saturated heterocycles. The van der Waals surface area contributed by atoms with E-state index in [0.29, 0.717) is 12.6 Å². The van der Waals surface area contributed by atoms with Crippen LogP contribution in [-0.4, -0.2) is 48.4 Å². The highest BCUT2D eigenvalue weighted by Crippen LogP contribution is 2.17. The van der Waals surface area contributed by atoms with E-state index in [4.69, 9.17) is 0 Å². The molecule has 0 radical (unpaired) electrons. The van der Waals surface area contributed by atoms with Crippen molar-refractivity contribution < 1.29 is 4.79 Å². The van der Waals surface area contributed by atoms with E-state index in [1.54, 1.807) is 11.3 Å². The van der Waals surface area contributed by atoms with Crippen LogP contribution in [0.3, 0.4) is 0 Å². The molecule has 0 bridgehead atoms. The lowest BCUT2D eigenvalue weighted by atomic mass is 10.0. The van der Waals surface area contributed by atoms with Gasteiger partial charge in [0.15, 0.2) is 0 Å². The minimum Gasteiger partial charge on any atom is -0.352 e. The van der Waals surface area contributed by atoms with Crippen LogP contribution in [0.1, 0.15) is 28.8 Å². The molecule has 0 unspecified atom stereocenters. The van der Waals surface area contributed by atoms with Crippen LogP contribution in [0.2, 0.25) is 0 Å². The van der Waals surface area contributed by atoms with Crippen molar-refractivity contribution in [1.29, 1.82) is 0 Å². The number of amides is 1. The van der Waals surface area contributed by atoms with Gasteiger partial charge in [0, 0.05) is 37.1 Å². The number of aryl methyl sites for hydroxylation is 1. The summed E-state index contributed by atoms with van der Waals surface area (Å²) in [4.78, 5) is 18.3. The molecule has 1 aliphatic heterocycles. The number of thiophene rings is 1. The number of likely N-dealkylation sites (N-methyl/N-ethyl adjacent to an activating group) is 1. The largest absolute Gasteiger partial charge is 0.352 e. The number of piperidine rings is 1. The van der Waals surface area contributed by atoms with Crippen LogP contribution < -0.4 is 5.32 Å². The van der Waals surface area contributed by atoms with Gasteiger partial charge in [-0.1, -0.05) is 30.3 Å². The summed E-state index contributed by atoms with van der Waals surface area (Å²) in [7, 11) is 2.02. The highest BCUT2D eigenvalue weighted by molar-refractivity contribution is 7.10. The van der Waals surface area contributed by atoms with Crippen LogP contribution in [0.5, 0.6) is 0 Å². The Balaban J connectivity index is 1.37. The lowest BCUT2D eigenvalue weighted by Gasteiger charge is -2.32. The van der Waals surface area contributed by atoms with Crippen molar-refractivity contribution in [2.45, 2.75) is 38.9 Å². The fourth-order valence-electron chi connectivity index (χ4n) is 3.46. The van der Waals surface area contributed by atoms with Crippen molar-refractivity contribution in [3.63, 3.8) is 0 Å². The van der Waals surface area contributed by atoms with Gasteiger partial charge in [0.1, 0.15) is 0 Å². The average molecular weight is 372 g/mol. The number of carbonyl (C=O) groups is 1. The third-order valence-corrected chi connectivity index (χ3v) is 6.00. The first-order valence-corrected chi connectivity index (χ1v) is 10.3. The molecule has 5 heteroatoms.